The molecule has 1 fully saturated rings. The first-order chi connectivity index (χ1) is 13.3. The molecule has 152 valence electrons. The van der Waals surface area contributed by atoms with Crippen molar-refractivity contribution in [3.8, 4) is 0 Å². The Morgan fingerprint density at radius 2 is 2.00 bits per heavy atom. The molecule has 6 nitrogen and oxygen atoms in total. The van der Waals surface area contributed by atoms with Gasteiger partial charge in [-0.1, -0.05) is 36.7 Å². The Morgan fingerprint density at radius 3 is 2.64 bits per heavy atom. The molecule has 0 atom stereocenters. The van der Waals surface area contributed by atoms with Crippen molar-refractivity contribution >= 4 is 44.2 Å². The van der Waals surface area contributed by atoms with E-state index in [-0.39, 0.29) is 16.8 Å². The molecule has 0 radical (unpaired) electrons. The van der Waals surface area contributed by atoms with Gasteiger partial charge in [0, 0.05) is 18.7 Å². The Balaban J connectivity index is 1.79. The molecule has 0 bridgehead atoms. The minimum atomic E-state index is -3.64. The lowest BCUT2D eigenvalue weighted by Gasteiger charge is -2.30. The summed E-state index contributed by atoms with van der Waals surface area (Å²) in [5, 5.41) is 3.29. The highest BCUT2D eigenvalue weighted by Gasteiger charge is 2.29. The summed E-state index contributed by atoms with van der Waals surface area (Å²) < 4.78 is 28.6. The standard InChI is InChI=1S/C19H25N3O3S3/c1-13-18(26-3)27-19(20-13)21-17(23)14-8-7-11-16(12-14)28(24,25)22(2)15-9-5-4-6-10-15/h7-8,11-12,15H,4-6,9-10H2,1-3H3,(H,20,21,23). The normalized spacial score (nSPS) is 15.7. The first-order valence-corrected chi connectivity index (χ1v) is 12.7. The Morgan fingerprint density at radius 1 is 1.29 bits per heavy atom. The van der Waals surface area contributed by atoms with Crippen LogP contribution >= 0.6 is 23.1 Å². The number of aryl methyl sites for hydroxylation is 1. The third kappa shape index (κ3) is 4.59. The van der Waals surface area contributed by atoms with Crippen molar-refractivity contribution in [2.45, 2.75) is 54.2 Å². The van der Waals surface area contributed by atoms with Gasteiger partial charge in [0.05, 0.1) is 14.8 Å². The molecule has 1 saturated carbocycles. The largest absolute Gasteiger partial charge is 0.298 e. The van der Waals surface area contributed by atoms with E-state index >= 15 is 0 Å². The van der Waals surface area contributed by atoms with Gasteiger partial charge < -0.3 is 0 Å². The molecule has 3 rings (SSSR count). The van der Waals surface area contributed by atoms with Crippen LogP contribution in [0.25, 0.3) is 0 Å². The van der Waals surface area contributed by atoms with Gasteiger partial charge in [0.1, 0.15) is 0 Å². The smallest absolute Gasteiger partial charge is 0.257 e. The summed E-state index contributed by atoms with van der Waals surface area (Å²) in [6.07, 6.45) is 7.00. The van der Waals surface area contributed by atoms with Crippen LogP contribution in [0.4, 0.5) is 5.13 Å². The molecule has 2 aromatic rings. The molecule has 0 spiro atoms. The van der Waals surface area contributed by atoms with Crippen LogP contribution in [0.5, 0.6) is 0 Å². The van der Waals surface area contributed by atoms with E-state index in [1.54, 1.807) is 37.0 Å². The van der Waals surface area contributed by atoms with Gasteiger partial charge in [0.25, 0.3) is 5.91 Å². The van der Waals surface area contributed by atoms with Crippen molar-refractivity contribution in [3.05, 3.63) is 35.5 Å². The molecular weight excluding hydrogens is 414 g/mol. The van der Waals surface area contributed by atoms with Crippen molar-refractivity contribution in [1.29, 1.82) is 0 Å². The van der Waals surface area contributed by atoms with E-state index in [0.717, 1.165) is 42.0 Å². The predicted molar refractivity (Wildman–Crippen MR) is 115 cm³/mol. The molecule has 1 heterocycles. The number of rotatable bonds is 6. The molecule has 1 aromatic carbocycles. The molecular formula is C19H25N3O3S3. The summed E-state index contributed by atoms with van der Waals surface area (Å²) >= 11 is 2.99. The number of hydrogen-bond acceptors (Lipinski definition) is 6. The summed E-state index contributed by atoms with van der Waals surface area (Å²) in [4.78, 5) is 17.1. The zero-order chi connectivity index (χ0) is 20.3. The van der Waals surface area contributed by atoms with Crippen LogP contribution in [-0.2, 0) is 10.0 Å². The molecule has 28 heavy (non-hydrogen) atoms. The minimum Gasteiger partial charge on any atom is -0.298 e. The number of thiazole rings is 1. The van der Waals surface area contributed by atoms with Crippen LogP contribution in [0.3, 0.4) is 0 Å². The lowest BCUT2D eigenvalue weighted by atomic mass is 9.96. The second kappa shape index (κ2) is 8.94. The number of amides is 1. The predicted octanol–water partition coefficient (Wildman–Crippen LogP) is 4.38. The van der Waals surface area contributed by atoms with Crippen LogP contribution in [-0.4, -0.2) is 43.0 Å². The zero-order valence-electron chi connectivity index (χ0n) is 16.3. The number of nitrogens with zero attached hydrogens (tertiary/aromatic N) is 2. The van der Waals surface area contributed by atoms with E-state index in [9.17, 15) is 13.2 Å². The number of carbonyl (C=O) groups excluding carboxylic acids is 1. The number of sulfonamides is 1. The van der Waals surface area contributed by atoms with E-state index in [0.29, 0.717) is 10.7 Å². The fourth-order valence-corrected chi connectivity index (χ4v) is 6.47. The first kappa shape index (κ1) is 21.3. The summed E-state index contributed by atoms with van der Waals surface area (Å²) in [5.74, 6) is -0.362. The molecule has 9 heteroatoms. The minimum absolute atomic E-state index is 0.0273. The average molecular weight is 440 g/mol. The average Bonchev–Trinajstić information content (AvgIpc) is 3.07. The van der Waals surface area contributed by atoms with Crippen LogP contribution < -0.4 is 5.32 Å². The Kier molecular flexibility index (Phi) is 6.80. The van der Waals surface area contributed by atoms with Gasteiger partial charge in [0.2, 0.25) is 10.0 Å². The van der Waals surface area contributed by atoms with Crippen LogP contribution in [0.1, 0.15) is 48.2 Å². The summed E-state index contributed by atoms with van der Waals surface area (Å²) in [6.45, 7) is 1.90. The van der Waals surface area contributed by atoms with Gasteiger partial charge in [-0.3, -0.25) is 10.1 Å². The fourth-order valence-electron chi connectivity index (χ4n) is 3.40. The van der Waals surface area contributed by atoms with E-state index in [1.807, 2.05) is 13.2 Å². The maximum atomic E-state index is 13.0. The summed E-state index contributed by atoms with van der Waals surface area (Å²) in [7, 11) is -2.00. The van der Waals surface area contributed by atoms with Crippen molar-refractivity contribution in [3.63, 3.8) is 0 Å². The summed E-state index contributed by atoms with van der Waals surface area (Å²) in [5.41, 5.74) is 1.18. The Bertz CT molecular complexity index is 950. The topological polar surface area (TPSA) is 79.4 Å². The number of aromatic nitrogens is 1. The van der Waals surface area contributed by atoms with E-state index in [1.165, 1.54) is 21.7 Å². The SMILES string of the molecule is CSc1sc(NC(=O)c2cccc(S(=O)(=O)N(C)C3CCCCC3)c2)nc1C. The van der Waals surface area contributed by atoms with Gasteiger partial charge in [0.15, 0.2) is 5.13 Å². The lowest BCUT2D eigenvalue weighted by Crippen LogP contribution is -2.38. The van der Waals surface area contributed by atoms with Gasteiger partial charge in [-0.2, -0.15) is 4.31 Å². The molecule has 0 unspecified atom stereocenters. The maximum absolute atomic E-state index is 13.0. The Hall–Kier alpha value is -1.42. The third-order valence-corrected chi connectivity index (χ3v) is 9.21. The highest BCUT2D eigenvalue weighted by molar-refractivity contribution is 8.00. The van der Waals surface area contributed by atoms with Crippen LogP contribution in [0.15, 0.2) is 33.4 Å². The number of anilines is 1. The molecule has 1 N–H and O–H groups in total. The number of carbonyl (C=O) groups is 1. The van der Waals surface area contributed by atoms with E-state index in [2.05, 4.69) is 10.3 Å². The first-order valence-electron chi connectivity index (χ1n) is 9.24. The molecule has 1 aliphatic carbocycles. The second-order valence-electron chi connectivity index (χ2n) is 6.89. The van der Waals surface area contributed by atoms with Gasteiger partial charge in [-0.15, -0.1) is 11.8 Å². The molecule has 1 amide bonds. The fraction of sp³-hybridized carbons (Fsp3) is 0.474. The lowest BCUT2D eigenvalue weighted by molar-refractivity contribution is 0.102. The van der Waals surface area contributed by atoms with Gasteiger partial charge in [-0.05, 0) is 44.2 Å². The molecule has 0 aliphatic heterocycles. The highest BCUT2D eigenvalue weighted by atomic mass is 32.2. The van der Waals surface area contributed by atoms with Crippen molar-refractivity contribution in [2.75, 3.05) is 18.6 Å². The second-order valence-corrected chi connectivity index (χ2v) is 11.0. The third-order valence-electron chi connectivity index (χ3n) is 5.02. The number of thioether (sulfide) groups is 1. The molecule has 0 saturated heterocycles. The zero-order valence-corrected chi connectivity index (χ0v) is 18.7. The van der Waals surface area contributed by atoms with Crippen LogP contribution in [0.2, 0.25) is 0 Å². The number of benzene rings is 1. The highest BCUT2D eigenvalue weighted by Crippen LogP contribution is 2.31. The van der Waals surface area contributed by atoms with Crippen molar-refractivity contribution in [1.82, 2.24) is 9.29 Å². The molecule has 1 aromatic heterocycles. The van der Waals surface area contributed by atoms with Gasteiger partial charge >= 0.3 is 0 Å². The Labute approximate surface area is 174 Å². The van der Waals surface area contributed by atoms with Crippen molar-refractivity contribution in [2.24, 2.45) is 0 Å². The van der Waals surface area contributed by atoms with E-state index in [4.69, 9.17) is 0 Å². The monoisotopic (exact) mass is 439 g/mol. The quantitative estimate of drug-likeness (QED) is 0.676. The number of hydrogen-bond donors (Lipinski definition) is 1. The van der Waals surface area contributed by atoms with Crippen LogP contribution in [0, 0.1) is 6.92 Å². The number of nitrogens with one attached hydrogen (secondary N) is 1. The summed E-state index contributed by atoms with van der Waals surface area (Å²) in [6, 6.07) is 6.24. The van der Waals surface area contributed by atoms with Crippen molar-refractivity contribution < 1.29 is 13.2 Å². The maximum Gasteiger partial charge on any atom is 0.257 e. The van der Waals surface area contributed by atoms with E-state index < -0.39 is 10.0 Å². The van der Waals surface area contributed by atoms with Gasteiger partial charge in [-0.25, -0.2) is 13.4 Å². The molecule has 1 aliphatic rings.